The van der Waals surface area contributed by atoms with E-state index in [0.29, 0.717) is 17.0 Å². The second kappa shape index (κ2) is 7.21. The maximum absolute atomic E-state index is 12.7. The van der Waals surface area contributed by atoms with Crippen LogP contribution in [0.3, 0.4) is 0 Å². The van der Waals surface area contributed by atoms with Gasteiger partial charge in [-0.05, 0) is 17.7 Å². The lowest BCUT2D eigenvalue weighted by molar-refractivity contribution is 0.0997. The van der Waals surface area contributed by atoms with Crippen molar-refractivity contribution in [1.82, 2.24) is 19.5 Å². The summed E-state index contributed by atoms with van der Waals surface area (Å²) in [5.74, 6) is -0.110. The largest absolute Gasteiger partial charge is 0.495 e. The number of primary amides is 1. The van der Waals surface area contributed by atoms with Gasteiger partial charge in [-0.3, -0.25) is 4.79 Å². The van der Waals surface area contributed by atoms with E-state index >= 15 is 0 Å². The number of amides is 1. The van der Waals surface area contributed by atoms with Crippen LogP contribution in [0, 0.1) is 0 Å². The molecule has 4 N–H and O–H groups in total. The SMILES string of the molecule is COc1ccccc1-n1c(=O)[nH]c2c(C(N)=O)nc(-c3ccc(CO)cc3)nc21. The molecule has 0 aliphatic rings. The topological polar surface area (TPSA) is 136 Å². The van der Waals surface area contributed by atoms with Crippen LogP contribution in [0.4, 0.5) is 0 Å². The molecule has 2 aromatic heterocycles. The molecule has 9 heteroatoms. The highest BCUT2D eigenvalue weighted by molar-refractivity contribution is 6.02. The molecule has 4 rings (SSSR count). The zero-order chi connectivity index (χ0) is 20.5. The first-order valence-electron chi connectivity index (χ1n) is 8.69. The van der Waals surface area contributed by atoms with E-state index in [1.165, 1.54) is 11.7 Å². The molecule has 0 fully saturated rings. The third-order valence-electron chi connectivity index (χ3n) is 4.49. The van der Waals surface area contributed by atoms with Gasteiger partial charge in [0.25, 0.3) is 5.91 Å². The Balaban J connectivity index is 2.03. The van der Waals surface area contributed by atoms with Gasteiger partial charge in [-0.25, -0.2) is 19.3 Å². The number of aromatic amines is 1. The number of H-pyrrole nitrogens is 1. The standard InChI is InChI=1S/C20H17N5O4/c1-29-14-5-3-2-4-13(14)25-19-16(23-20(25)28)15(17(21)27)22-18(24-19)12-8-6-11(10-26)7-9-12/h2-9,26H,10H2,1H3,(H2,21,27)(H,23,28). The Bertz CT molecular complexity index is 1270. The minimum atomic E-state index is -0.793. The molecule has 0 spiro atoms. The maximum Gasteiger partial charge on any atom is 0.332 e. The van der Waals surface area contributed by atoms with Crippen LogP contribution in [0.2, 0.25) is 0 Å². The molecule has 0 radical (unpaired) electrons. The molecule has 1 amide bonds. The minimum absolute atomic E-state index is 0.0954. The number of para-hydroxylation sites is 2. The van der Waals surface area contributed by atoms with Gasteiger partial charge in [0.15, 0.2) is 17.2 Å². The fourth-order valence-electron chi connectivity index (χ4n) is 3.09. The Labute approximate surface area is 164 Å². The monoisotopic (exact) mass is 391 g/mol. The minimum Gasteiger partial charge on any atom is -0.495 e. The molecule has 0 unspecified atom stereocenters. The molecule has 0 aliphatic heterocycles. The van der Waals surface area contributed by atoms with Crippen molar-refractivity contribution in [2.45, 2.75) is 6.61 Å². The molecule has 0 atom stereocenters. The molecule has 2 aromatic carbocycles. The van der Waals surface area contributed by atoms with Gasteiger partial charge in [0.1, 0.15) is 11.3 Å². The molecule has 2 heterocycles. The lowest BCUT2D eigenvalue weighted by Gasteiger charge is -2.10. The van der Waals surface area contributed by atoms with Crippen molar-refractivity contribution in [2.75, 3.05) is 7.11 Å². The van der Waals surface area contributed by atoms with Crippen LogP contribution in [-0.4, -0.2) is 37.6 Å². The fourth-order valence-corrected chi connectivity index (χ4v) is 3.09. The highest BCUT2D eigenvalue weighted by Gasteiger charge is 2.21. The molecule has 0 bridgehead atoms. The molecule has 9 nitrogen and oxygen atoms in total. The summed E-state index contributed by atoms with van der Waals surface area (Å²) in [5, 5.41) is 9.23. The Morgan fingerprint density at radius 1 is 1.17 bits per heavy atom. The number of aliphatic hydroxyl groups is 1. The number of rotatable bonds is 5. The number of nitrogens with two attached hydrogens (primary N) is 1. The van der Waals surface area contributed by atoms with Crippen LogP contribution < -0.4 is 16.2 Å². The number of benzene rings is 2. The van der Waals surface area contributed by atoms with E-state index in [1.807, 2.05) is 0 Å². The second-order valence-corrected chi connectivity index (χ2v) is 6.25. The van der Waals surface area contributed by atoms with Crippen molar-refractivity contribution < 1.29 is 14.6 Å². The molecular weight excluding hydrogens is 374 g/mol. The van der Waals surface area contributed by atoms with Gasteiger partial charge in [0.05, 0.1) is 19.4 Å². The summed E-state index contributed by atoms with van der Waals surface area (Å²) < 4.78 is 6.67. The van der Waals surface area contributed by atoms with Crippen LogP contribution in [0.25, 0.3) is 28.2 Å². The molecule has 146 valence electrons. The van der Waals surface area contributed by atoms with E-state index in [4.69, 9.17) is 10.5 Å². The van der Waals surface area contributed by atoms with E-state index in [-0.39, 0.29) is 29.3 Å². The highest BCUT2D eigenvalue weighted by Crippen LogP contribution is 2.26. The van der Waals surface area contributed by atoms with Crippen LogP contribution >= 0.6 is 0 Å². The van der Waals surface area contributed by atoms with Crippen molar-refractivity contribution >= 4 is 17.1 Å². The van der Waals surface area contributed by atoms with Crippen molar-refractivity contribution in [3.05, 3.63) is 70.3 Å². The third-order valence-corrected chi connectivity index (χ3v) is 4.49. The summed E-state index contributed by atoms with van der Waals surface area (Å²) in [6.45, 7) is -0.0993. The van der Waals surface area contributed by atoms with E-state index < -0.39 is 11.6 Å². The summed E-state index contributed by atoms with van der Waals surface area (Å²) in [6, 6.07) is 13.8. The first-order chi connectivity index (χ1) is 14.0. The van der Waals surface area contributed by atoms with Gasteiger partial charge in [-0.2, -0.15) is 0 Å². The molecule has 0 saturated heterocycles. The summed E-state index contributed by atoms with van der Waals surface area (Å²) >= 11 is 0. The fraction of sp³-hybridized carbons (Fsp3) is 0.100. The van der Waals surface area contributed by atoms with Crippen molar-refractivity contribution in [3.63, 3.8) is 0 Å². The van der Waals surface area contributed by atoms with Crippen molar-refractivity contribution in [1.29, 1.82) is 0 Å². The van der Waals surface area contributed by atoms with E-state index in [0.717, 1.165) is 5.56 Å². The van der Waals surface area contributed by atoms with Gasteiger partial charge < -0.3 is 20.6 Å². The number of nitrogens with one attached hydrogen (secondary N) is 1. The Morgan fingerprint density at radius 2 is 1.90 bits per heavy atom. The lowest BCUT2D eigenvalue weighted by Crippen LogP contribution is -2.16. The predicted octanol–water partition coefficient (Wildman–Crippen LogP) is 1.38. The number of aromatic nitrogens is 4. The number of fused-ring (bicyclic) bond motifs is 1. The second-order valence-electron chi connectivity index (χ2n) is 6.25. The number of carbonyl (C=O) groups is 1. The first-order valence-corrected chi connectivity index (χ1v) is 8.69. The average molecular weight is 391 g/mol. The Morgan fingerprint density at radius 3 is 2.55 bits per heavy atom. The summed E-state index contributed by atoms with van der Waals surface area (Å²) in [6.07, 6.45) is 0. The lowest BCUT2D eigenvalue weighted by atomic mass is 10.1. The average Bonchev–Trinajstić information content (AvgIpc) is 3.08. The van der Waals surface area contributed by atoms with Gasteiger partial charge in [0, 0.05) is 5.56 Å². The molecule has 4 aromatic rings. The van der Waals surface area contributed by atoms with Gasteiger partial charge >= 0.3 is 5.69 Å². The van der Waals surface area contributed by atoms with Crippen LogP contribution in [0.5, 0.6) is 5.75 Å². The quantitative estimate of drug-likeness (QED) is 0.470. The van der Waals surface area contributed by atoms with Crippen LogP contribution in [-0.2, 0) is 6.61 Å². The molecule has 29 heavy (non-hydrogen) atoms. The summed E-state index contributed by atoms with van der Waals surface area (Å²) in [4.78, 5) is 36.1. The first kappa shape index (κ1) is 18.4. The number of hydrogen-bond donors (Lipinski definition) is 3. The predicted molar refractivity (Wildman–Crippen MR) is 106 cm³/mol. The number of methoxy groups -OCH3 is 1. The molecular formula is C20H17N5O4. The summed E-state index contributed by atoms with van der Waals surface area (Å²) in [5.41, 5.74) is 7.03. The molecule has 0 saturated carbocycles. The van der Waals surface area contributed by atoms with Crippen LogP contribution in [0.1, 0.15) is 16.1 Å². The zero-order valence-corrected chi connectivity index (χ0v) is 15.4. The smallest absolute Gasteiger partial charge is 0.332 e. The summed E-state index contributed by atoms with van der Waals surface area (Å²) in [7, 11) is 1.50. The number of ether oxygens (including phenoxy) is 1. The zero-order valence-electron chi connectivity index (χ0n) is 15.4. The van der Waals surface area contributed by atoms with E-state index in [1.54, 1.807) is 48.5 Å². The van der Waals surface area contributed by atoms with E-state index in [9.17, 15) is 14.7 Å². The van der Waals surface area contributed by atoms with Gasteiger partial charge in [-0.1, -0.05) is 36.4 Å². The number of carbonyl (C=O) groups excluding carboxylic acids is 1. The maximum atomic E-state index is 12.7. The Hall–Kier alpha value is -3.98. The third kappa shape index (κ3) is 3.13. The number of nitrogens with zero attached hydrogens (tertiary/aromatic N) is 3. The van der Waals surface area contributed by atoms with Crippen LogP contribution in [0.15, 0.2) is 53.3 Å². The Kier molecular flexibility index (Phi) is 4.57. The van der Waals surface area contributed by atoms with Gasteiger partial charge in [-0.15, -0.1) is 0 Å². The number of aliphatic hydroxyl groups excluding tert-OH is 1. The number of hydrogen-bond acceptors (Lipinski definition) is 6. The van der Waals surface area contributed by atoms with Crippen molar-refractivity contribution in [3.8, 4) is 22.8 Å². The van der Waals surface area contributed by atoms with Crippen molar-refractivity contribution in [2.24, 2.45) is 5.73 Å². The number of imidazole rings is 1. The van der Waals surface area contributed by atoms with Gasteiger partial charge in [0.2, 0.25) is 0 Å². The molecule has 0 aliphatic carbocycles. The normalized spacial score (nSPS) is 11.0. The van der Waals surface area contributed by atoms with E-state index in [2.05, 4.69) is 15.0 Å². The highest BCUT2D eigenvalue weighted by atomic mass is 16.5.